The normalized spacial score (nSPS) is 12.3. The molecule has 7 heteroatoms. The lowest BCUT2D eigenvalue weighted by Crippen LogP contribution is -2.00. The first-order valence-electron chi connectivity index (χ1n) is 23.5. The topological polar surface area (TPSA) is 49.4 Å². The summed E-state index contributed by atoms with van der Waals surface area (Å²) in [6, 6.07) is 81.4. The van der Waals surface area contributed by atoms with Crippen LogP contribution in [-0.2, 0) is 0 Å². The molecule has 7 nitrogen and oxygen atoms in total. The van der Waals surface area contributed by atoms with Gasteiger partial charge >= 0.3 is 0 Å². The monoisotopic (exact) mass is 879 g/mol. The van der Waals surface area contributed by atoms with Crippen molar-refractivity contribution in [3.8, 4) is 61.6 Å². The number of imidazole rings is 4. The largest absolute Gasteiger partial charge is 0.307 e. The van der Waals surface area contributed by atoms with Crippen LogP contribution in [0.4, 0.5) is 0 Å². The van der Waals surface area contributed by atoms with Crippen LogP contribution in [0.15, 0.2) is 224 Å². The van der Waals surface area contributed by atoms with Gasteiger partial charge in [-0.2, -0.15) is 0 Å². The first-order valence-corrected chi connectivity index (χ1v) is 23.5. The maximum absolute atomic E-state index is 5.71. The van der Waals surface area contributed by atoms with Crippen LogP contribution in [0.5, 0.6) is 0 Å². The van der Waals surface area contributed by atoms with E-state index in [1.807, 2.05) is 0 Å². The van der Waals surface area contributed by atoms with E-state index in [9.17, 15) is 0 Å². The molecule has 0 aliphatic heterocycles. The molecule has 16 rings (SSSR count). The minimum Gasteiger partial charge on any atom is -0.307 e. The third-order valence-electron chi connectivity index (χ3n) is 14.7. The molecular weight excluding hydrogens is 843 g/mol. The van der Waals surface area contributed by atoms with Gasteiger partial charge in [0.1, 0.15) is 5.52 Å². The molecule has 1 aliphatic rings. The predicted molar refractivity (Wildman–Crippen MR) is 282 cm³/mol. The van der Waals surface area contributed by atoms with Crippen LogP contribution in [0.2, 0.25) is 0 Å². The number of hydrogen-bond acceptors (Lipinski definition) is 2. The Morgan fingerprint density at radius 3 is 1.38 bits per heavy atom. The smallest absolute Gasteiger partial charge is 0.220 e. The van der Waals surface area contributed by atoms with Crippen molar-refractivity contribution in [3.63, 3.8) is 0 Å². The van der Waals surface area contributed by atoms with Crippen LogP contribution in [0.25, 0.3) is 139 Å². The second-order valence-electron chi connectivity index (χ2n) is 18.2. The van der Waals surface area contributed by atoms with Gasteiger partial charge < -0.3 is 4.57 Å². The van der Waals surface area contributed by atoms with E-state index in [2.05, 4.69) is 247 Å². The summed E-state index contributed by atoms with van der Waals surface area (Å²) in [5, 5.41) is 2.26. The Morgan fingerprint density at radius 1 is 0.261 bits per heavy atom. The summed E-state index contributed by atoms with van der Waals surface area (Å²) in [6.07, 6.45) is 0. The average Bonchev–Trinajstić information content (AvgIpc) is 4.21. The molecule has 320 valence electrons. The van der Waals surface area contributed by atoms with E-state index in [1.54, 1.807) is 0 Å². The molecule has 0 saturated heterocycles. The van der Waals surface area contributed by atoms with Gasteiger partial charge in [-0.25, -0.2) is 9.97 Å². The van der Waals surface area contributed by atoms with Crippen LogP contribution >= 0.6 is 0 Å². The number of benzene rings is 10. The lowest BCUT2D eigenvalue weighted by Gasteiger charge is -2.24. The molecule has 0 fully saturated rings. The standard InChI is InChI=1S/C62H37N7/c1-2-16-38(17-3-1)66-54-26-12-15-29-57(54)69-58-35-33-48-50-37-40(67-55-27-13-14-28-56(55)68-53-25-11-10-24-51(53)63-61(67)68)31-34-52(50)65(60(48)59(58)64-62(66)69)39-30-32-47-45-22-7-6-20-43(45)41-18-4-5-19-42(41)44-21-8-9-23-46(44)49(47)36-39/h1-37H. The number of para-hydroxylation sites is 7. The number of rotatable bonds is 3. The zero-order valence-electron chi connectivity index (χ0n) is 37.0. The van der Waals surface area contributed by atoms with Gasteiger partial charge in [0.2, 0.25) is 11.6 Å². The van der Waals surface area contributed by atoms with Gasteiger partial charge in [-0.05, 0) is 136 Å². The van der Waals surface area contributed by atoms with Gasteiger partial charge in [0, 0.05) is 27.8 Å². The van der Waals surface area contributed by atoms with Crippen LogP contribution < -0.4 is 0 Å². The van der Waals surface area contributed by atoms with Gasteiger partial charge in [-0.1, -0.05) is 133 Å². The third-order valence-corrected chi connectivity index (χ3v) is 14.7. The van der Waals surface area contributed by atoms with Gasteiger partial charge in [-0.15, -0.1) is 0 Å². The Labute approximate surface area is 394 Å². The maximum Gasteiger partial charge on any atom is 0.220 e. The molecule has 5 heterocycles. The molecule has 1 aliphatic carbocycles. The molecule has 0 saturated carbocycles. The van der Waals surface area contributed by atoms with Crippen molar-refractivity contribution in [1.82, 2.24) is 32.5 Å². The number of hydrogen-bond donors (Lipinski definition) is 0. The highest BCUT2D eigenvalue weighted by molar-refractivity contribution is 6.19. The first-order chi connectivity index (χ1) is 34.3. The molecule has 0 unspecified atom stereocenters. The molecule has 10 aromatic carbocycles. The molecule has 0 amide bonds. The zero-order valence-corrected chi connectivity index (χ0v) is 37.0. The number of aromatic nitrogens is 7. The van der Waals surface area contributed by atoms with E-state index in [4.69, 9.17) is 9.97 Å². The summed E-state index contributed by atoms with van der Waals surface area (Å²) in [6.45, 7) is 0. The second-order valence-corrected chi connectivity index (χ2v) is 18.2. The van der Waals surface area contributed by atoms with Crippen LogP contribution in [-0.4, -0.2) is 32.5 Å². The molecular formula is C62H37N7. The van der Waals surface area contributed by atoms with Crippen LogP contribution in [0.3, 0.4) is 0 Å². The molecule has 0 bridgehead atoms. The van der Waals surface area contributed by atoms with E-state index in [-0.39, 0.29) is 0 Å². The molecule has 5 aromatic heterocycles. The summed E-state index contributed by atoms with van der Waals surface area (Å²) < 4.78 is 11.7. The Hall–Kier alpha value is -9.46. The highest BCUT2D eigenvalue weighted by Crippen LogP contribution is 2.49. The van der Waals surface area contributed by atoms with Crippen molar-refractivity contribution in [3.05, 3.63) is 224 Å². The Kier molecular flexibility index (Phi) is 7.22. The quantitative estimate of drug-likeness (QED) is 0.177. The Morgan fingerprint density at radius 2 is 0.725 bits per heavy atom. The van der Waals surface area contributed by atoms with Crippen molar-refractivity contribution < 1.29 is 0 Å². The number of fused-ring (bicyclic) bond motifs is 22. The summed E-state index contributed by atoms with van der Waals surface area (Å²) >= 11 is 0. The summed E-state index contributed by atoms with van der Waals surface area (Å²) in [5.41, 5.74) is 23.6. The molecule has 0 N–H and O–H groups in total. The van der Waals surface area contributed by atoms with Gasteiger partial charge in [0.05, 0.1) is 49.7 Å². The maximum atomic E-state index is 5.71. The number of nitrogens with zero attached hydrogens (tertiary/aromatic N) is 7. The molecule has 0 spiro atoms. The third kappa shape index (κ3) is 4.89. The fraction of sp³-hybridized carbons (Fsp3) is 0. The van der Waals surface area contributed by atoms with E-state index in [1.165, 1.54) is 44.5 Å². The van der Waals surface area contributed by atoms with Gasteiger partial charge in [-0.3, -0.25) is 17.9 Å². The molecule has 0 radical (unpaired) electrons. The second kappa shape index (κ2) is 13.6. The average molecular weight is 880 g/mol. The molecule has 0 atom stereocenters. The van der Waals surface area contributed by atoms with E-state index >= 15 is 0 Å². The van der Waals surface area contributed by atoms with E-state index in [0.717, 1.165) is 94.6 Å². The van der Waals surface area contributed by atoms with Crippen molar-refractivity contribution in [2.75, 3.05) is 0 Å². The van der Waals surface area contributed by atoms with Gasteiger partial charge in [0.15, 0.2) is 0 Å². The van der Waals surface area contributed by atoms with Crippen molar-refractivity contribution in [2.24, 2.45) is 0 Å². The van der Waals surface area contributed by atoms with E-state index < -0.39 is 0 Å². The Bertz CT molecular complexity index is 4660. The first kappa shape index (κ1) is 36.7. The van der Waals surface area contributed by atoms with E-state index in [0.29, 0.717) is 0 Å². The summed E-state index contributed by atoms with van der Waals surface area (Å²) in [4.78, 5) is 11.0. The predicted octanol–water partition coefficient (Wildman–Crippen LogP) is 15.3. The fourth-order valence-corrected chi connectivity index (χ4v) is 11.8. The highest BCUT2D eigenvalue weighted by atomic mass is 15.2. The van der Waals surface area contributed by atoms with Crippen molar-refractivity contribution in [2.45, 2.75) is 0 Å². The Balaban J connectivity index is 1.03. The fourth-order valence-electron chi connectivity index (χ4n) is 11.8. The summed E-state index contributed by atoms with van der Waals surface area (Å²) in [7, 11) is 0. The van der Waals surface area contributed by atoms with Gasteiger partial charge in [0.25, 0.3) is 0 Å². The molecule has 15 aromatic rings. The lowest BCUT2D eigenvalue weighted by atomic mass is 9.81. The van der Waals surface area contributed by atoms with Crippen LogP contribution in [0.1, 0.15) is 0 Å². The van der Waals surface area contributed by atoms with Crippen molar-refractivity contribution in [1.29, 1.82) is 0 Å². The zero-order chi connectivity index (χ0) is 44.9. The highest BCUT2D eigenvalue weighted by Gasteiger charge is 2.26. The molecule has 69 heavy (non-hydrogen) atoms. The lowest BCUT2D eigenvalue weighted by molar-refractivity contribution is 1.11. The SMILES string of the molecule is c1ccc(-n2c3ccccc3n3c4ccc5c6cc(-n7c8ccccc8n8c9ccccc9nc78)ccc6n(-c6ccc7c(c6)-c6ccccc6-c6ccccc6-c6ccccc6-7)c5c4nc23)cc1. The summed E-state index contributed by atoms with van der Waals surface area (Å²) in [5.74, 6) is 1.76. The minimum atomic E-state index is 0.873. The van der Waals surface area contributed by atoms with Crippen LogP contribution in [0, 0.1) is 0 Å². The van der Waals surface area contributed by atoms with Crippen molar-refractivity contribution >= 4 is 77.5 Å². The minimum absolute atomic E-state index is 0.873.